The molecule has 1 saturated heterocycles. The highest BCUT2D eigenvalue weighted by Crippen LogP contribution is 2.26. The van der Waals surface area contributed by atoms with Crippen LogP contribution in [-0.4, -0.2) is 57.5 Å². The molecule has 0 saturated carbocycles. The van der Waals surface area contributed by atoms with Crippen LogP contribution in [0, 0.1) is 11.6 Å². The summed E-state index contributed by atoms with van der Waals surface area (Å²) in [6, 6.07) is 10.7. The van der Waals surface area contributed by atoms with Crippen LogP contribution in [0.1, 0.15) is 33.6 Å². The van der Waals surface area contributed by atoms with Gasteiger partial charge < -0.3 is 9.64 Å². The monoisotopic (exact) mass is 484 g/mol. The number of halogens is 2. The van der Waals surface area contributed by atoms with Crippen LogP contribution in [0.25, 0.3) is 22.0 Å². The summed E-state index contributed by atoms with van der Waals surface area (Å²) in [6.07, 6.45) is 1.11. The van der Waals surface area contributed by atoms with E-state index in [4.69, 9.17) is 4.74 Å². The molecule has 1 amide bonds. The first-order chi connectivity index (χ1) is 16.5. The number of fused-ring (bicyclic) bond motifs is 1. The molecule has 186 valence electrons. The summed E-state index contributed by atoms with van der Waals surface area (Å²) in [7, 11) is 1.75. The third-order valence-electron chi connectivity index (χ3n) is 6.18. The smallest absolute Gasteiger partial charge is 0.410 e. The zero-order valence-electron chi connectivity index (χ0n) is 20.4. The third-order valence-corrected chi connectivity index (χ3v) is 6.18. The molecular weight excluding hydrogens is 454 g/mol. The van der Waals surface area contributed by atoms with Crippen molar-refractivity contribution in [2.24, 2.45) is 0 Å². The molecule has 0 radical (unpaired) electrons. The number of hydrogen-bond donors (Lipinski definition) is 0. The second-order valence-electron chi connectivity index (χ2n) is 9.91. The summed E-state index contributed by atoms with van der Waals surface area (Å²) in [6.45, 7) is 7.10. The van der Waals surface area contributed by atoms with Crippen molar-refractivity contribution >= 4 is 16.9 Å². The molecule has 4 rings (SSSR count). The van der Waals surface area contributed by atoms with E-state index in [-0.39, 0.29) is 24.4 Å². The Morgan fingerprint density at radius 1 is 1.09 bits per heavy atom. The highest BCUT2D eigenvalue weighted by molar-refractivity contribution is 5.93. The maximum Gasteiger partial charge on any atom is 0.410 e. The van der Waals surface area contributed by atoms with Crippen molar-refractivity contribution in [3.05, 3.63) is 64.5 Å². The standard InChI is InChI=1S/C26H30F2N4O3/c1-26(2,3)35-25(34)30(4)18-11-13-31(14-12-18)16-32-24(33)20-8-6-5-7-19(20)23(29-32)17-9-10-21(27)22(28)15-17/h5-10,15,18H,11-14,16H2,1-4H3. The van der Waals surface area contributed by atoms with E-state index < -0.39 is 17.2 Å². The van der Waals surface area contributed by atoms with Crippen LogP contribution in [-0.2, 0) is 11.4 Å². The molecule has 35 heavy (non-hydrogen) atoms. The van der Waals surface area contributed by atoms with Gasteiger partial charge in [0.15, 0.2) is 11.6 Å². The van der Waals surface area contributed by atoms with Gasteiger partial charge in [-0.15, -0.1) is 0 Å². The van der Waals surface area contributed by atoms with Crippen LogP contribution in [0.2, 0.25) is 0 Å². The molecule has 1 aliphatic heterocycles. The van der Waals surface area contributed by atoms with Gasteiger partial charge in [-0.2, -0.15) is 5.10 Å². The fourth-order valence-corrected chi connectivity index (χ4v) is 4.31. The lowest BCUT2D eigenvalue weighted by Gasteiger charge is -2.37. The zero-order valence-corrected chi connectivity index (χ0v) is 20.4. The summed E-state index contributed by atoms with van der Waals surface area (Å²) in [4.78, 5) is 29.3. The quantitative estimate of drug-likeness (QED) is 0.540. The Hall–Kier alpha value is -3.33. The number of rotatable bonds is 4. The zero-order chi connectivity index (χ0) is 25.3. The van der Waals surface area contributed by atoms with Crippen molar-refractivity contribution in [2.45, 2.75) is 51.9 Å². The predicted molar refractivity (Wildman–Crippen MR) is 130 cm³/mol. The molecule has 1 aromatic heterocycles. The van der Waals surface area contributed by atoms with Crippen LogP contribution in [0.5, 0.6) is 0 Å². The number of hydrogen-bond acceptors (Lipinski definition) is 5. The molecule has 0 atom stereocenters. The van der Waals surface area contributed by atoms with E-state index in [1.807, 2.05) is 20.8 Å². The highest BCUT2D eigenvalue weighted by atomic mass is 19.2. The number of likely N-dealkylation sites (tertiary alicyclic amines) is 1. The maximum absolute atomic E-state index is 14.0. The molecule has 0 spiro atoms. The van der Waals surface area contributed by atoms with Gasteiger partial charge >= 0.3 is 6.09 Å². The first kappa shape index (κ1) is 24.8. The minimum Gasteiger partial charge on any atom is -0.444 e. The number of carbonyl (C=O) groups is 1. The van der Waals surface area contributed by atoms with E-state index in [1.165, 1.54) is 10.7 Å². The fourth-order valence-electron chi connectivity index (χ4n) is 4.31. The Balaban J connectivity index is 1.54. The largest absolute Gasteiger partial charge is 0.444 e. The number of aromatic nitrogens is 2. The molecule has 1 fully saturated rings. The van der Waals surface area contributed by atoms with Gasteiger partial charge in [-0.3, -0.25) is 9.69 Å². The molecule has 0 N–H and O–H groups in total. The molecule has 0 aliphatic carbocycles. The van der Waals surface area contributed by atoms with Crippen molar-refractivity contribution in [1.82, 2.24) is 19.6 Å². The van der Waals surface area contributed by atoms with E-state index in [2.05, 4.69) is 10.00 Å². The van der Waals surface area contributed by atoms with Gasteiger partial charge in [0.25, 0.3) is 5.56 Å². The number of ether oxygens (including phenoxy) is 1. The number of carbonyl (C=O) groups excluding carboxylic acids is 1. The molecule has 7 nitrogen and oxygen atoms in total. The van der Waals surface area contributed by atoms with Crippen LogP contribution >= 0.6 is 0 Å². The fraction of sp³-hybridized carbons (Fsp3) is 0.423. The third kappa shape index (κ3) is 5.51. The van der Waals surface area contributed by atoms with Gasteiger partial charge in [0.2, 0.25) is 0 Å². The van der Waals surface area contributed by atoms with E-state index in [1.54, 1.807) is 36.2 Å². The maximum atomic E-state index is 14.0. The second-order valence-corrected chi connectivity index (χ2v) is 9.91. The minimum absolute atomic E-state index is 0.0418. The van der Waals surface area contributed by atoms with Crippen molar-refractivity contribution in [3.8, 4) is 11.3 Å². The van der Waals surface area contributed by atoms with Gasteiger partial charge in [0, 0.05) is 37.1 Å². The minimum atomic E-state index is -0.970. The normalized spacial score (nSPS) is 15.4. The van der Waals surface area contributed by atoms with Crippen molar-refractivity contribution < 1.29 is 18.3 Å². The van der Waals surface area contributed by atoms with Crippen molar-refractivity contribution in [3.63, 3.8) is 0 Å². The van der Waals surface area contributed by atoms with Crippen molar-refractivity contribution in [1.29, 1.82) is 0 Å². The van der Waals surface area contributed by atoms with E-state index >= 15 is 0 Å². The molecular formula is C26H30F2N4O3. The van der Waals surface area contributed by atoms with E-state index in [0.717, 1.165) is 25.0 Å². The van der Waals surface area contributed by atoms with Gasteiger partial charge in [0.05, 0.1) is 17.7 Å². The lowest BCUT2D eigenvalue weighted by molar-refractivity contribution is 0.0134. The Morgan fingerprint density at radius 3 is 2.37 bits per heavy atom. The van der Waals surface area contributed by atoms with Crippen LogP contribution in [0.15, 0.2) is 47.3 Å². The Bertz CT molecular complexity index is 1290. The van der Waals surface area contributed by atoms with Gasteiger partial charge in [0.1, 0.15) is 5.60 Å². The first-order valence-electron chi connectivity index (χ1n) is 11.7. The molecule has 2 heterocycles. The second kappa shape index (κ2) is 9.73. The molecule has 0 bridgehead atoms. The topological polar surface area (TPSA) is 67.7 Å². The number of nitrogens with zero attached hydrogens (tertiary/aromatic N) is 4. The Morgan fingerprint density at radius 2 is 1.74 bits per heavy atom. The lowest BCUT2D eigenvalue weighted by Crippen LogP contribution is -2.48. The molecule has 1 aliphatic rings. The Labute approximate surface area is 202 Å². The van der Waals surface area contributed by atoms with Crippen LogP contribution in [0.4, 0.5) is 13.6 Å². The van der Waals surface area contributed by atoms with Crippen LogP contribution in [0.3, 0.4) is 0 Å². The van der Waals surface area contributed by atoms with Gasteiger partial charge in [-0.05, 0) is 57.9 Å². The number of amides is 1. The van der Waals surface area contributed by atoms with Crippen LogP contribution < -0.4 is 5.56 Å². The van der Waals surface area contributed by atoms with Crippen molar-refractivity contribution in [2.75, 3.05) is 20.1 Å². The molecule has 2 aromatic carbocycles. The summed E-state index contributed by atoms with van der Waals surface area (Å²) in [5.41, 5.74) is 0.00485. The molecule has 3 aromatic rings. The molecule has 0 unspecified atom stereocenters. The number of benzene rings is 2. The van der Waals surface area contributed by atoms with E-state index in [9.17, 15) is 18.4 Å². The SMILES string of the molecule is CN(C(=O)OC(C)(C)C)C1CCN(Cn2nc(-c3ccc(F)c(F)c3)c3ccccc3c2=O)CC1. The summed E-state index contributed by atoms with van der Waals surface area (Å²) in [5, 5.41) is 5.59. The van der Waals surface area contributed by atoms with Gasteiger partial charge in [-0.25, -0.2) is 18.3 Å². The highest BCUT2D eigenvalue weighted by Gasteiger charge is 2.29. The summed E-state index contributed by atoms with van der Waals surface area (Å²) in [5.74, 6) is -1.91. The Kier molecular flexibility index (Phi) is 6.89. The van der Waals surface area contributed by atoms with Gasteiger partial charge in [-0.1, -0.05) is 18.2 Å². The average Bonchev–Trinajstić information content (AvgIpc) is 2.81. The summed E-state index contributed by atoms with van der Waals surface area (Å²) < 4.78 is 34.3. The average molecular weight is 485 g/mol. The first-order valence-corrected chi connectivity index (χ1v) is 11.7. The summed E-state index contributed by atoms with van der Waals surface area (Å²) >= 11 is 0. The predicted octanol–water partition coefficient (Wildman–Crippen LogP) is 4.63. The lowest BCUT2D eigenvalue weighted by atomic mass is 10.0. The van der Waals surface area contributed by atoms with E-state index in [0.29, 0.717) is 35.1 Å². The number of piperidine rings is 1. The molecule has 9 heteroatoms.